The lowest BCUT2D eigenvalue weighted by molar-refractivity contribution is -0.294. The van der Waals surface area contributed by atoms with Crippen LogP contribution in [0, 0.1) is 0 Å². The van der Waals surface area contributed by atoms with Gasteiger partial charge >= 0.3 is 0 Å². The van der Waals surface area contributed by atoms with Crippen LogP contribution in [0.15, 0.2) is 36.5 Å². The Hall–Kier alpha value is -1.81. The molecule has 1 fully saturated rings. The molecule has 0 aliphatic carbocycles. The summed E-state index contributed by atoms with van der Waals surface area (Å²) in [5.41, 5.74) is 0.970. The maximum Gasteiger partial charge on any atom is 0.184 e. The molecule has 0 bridgehead atoms. The number of hydrogen-bond acceptors (Lipinski definition) is 8. The predicted molar refractivity (Wildman–Crippen MR) is 119 cm³/mol. The number of aliphatic hydroxyl groups excluding tert-OH is 4. The van der Waals surface area contributed by atoms with Crippen LogP contribution >= 0.6 is 0 Å². The Kier molecular flexibility index (Phi) is 10.1. The van der Waals surface area contributed by atoms with Gasteiger partial charge in [0.2, 0.25) is 0 Å². The van der Waals surface area contributed by atoms with E-state index in [0.29, 0.717) is 13.2 Å². The smallest absolute Gasteiger partial charge is 0.184 e. The van der Waals surface area contributed by atoms with Gasteiger partial charge in [-0.15, -0.1) is 0 Å². The molecule has 1 aromatic heterocycles. The van der Waals surface area contributed by atoms with Crippen molar-refractivity contribution in [3.8, 4) is 5.75 Å². The maximum absolute atomic E-state index is 10.1. The van der Waals surface area contributed by atoms with Crippen molar-refractivity contribution in [1.82, 2.24) is 4.98 Å². The van der Waals surface area contributed by atoms with Gasteiger partial charge < -0.3 is 34.6 Å². The molecule has 2 aromatic rings. The molecule has 8 heteroatoms. The Morgan fingerprint density at radius 3 is 2.34 bits per heavy atom. The minimum absolute atomic E-state index is 0.374. The third kappa shape index (κ3) is 7.10. The van der Waals surface area contributed by atoms with Gasteiger partial charge in [-0.1, -0.05) is 38.2 Å². The number of unbranched alkanes of at least 4 members (excludes halogenated alkanes) is 6. The van der Waals surface area contributed by atoms with Gasteiger partial charge in [0, 0.05) is 18.2 Å². The normalized spacial score (nSPS) is 25.8. The van der Waals surface area contributed by atoms with Crippen LogP contribution in [0.25, 0.3) is 10.9 Å². The predicted octanol–water partition coefficient (Wildman–Crippen LogP) is 2.16. The largest absolute Gasteiger partial charge is 0.494 e. The van der Waals surface area contributed by atoms with Crippen molar-refractivity contribution in [3.63, 3.8) is 0 Å². The second-order valence-corrected chi connectivity index (χ2v) is 8.25. The Morgan fingerprint density at radius 2 is 1.59 bits per heavy atom. The quantitative estimate of drug-likeness (QED) is 0.343. The maximum atomic E-state index is 10.1. The van der Waals surface area contributed by atoms with Crippen molar-refractivity contribution in [2.75, 3.05) is 19.8 Å². The zero-order chi connectivity index (χ0) is 22.8. The topological polar surface area (TPSA) is 122 Å². The Balaban J connectivity index is 1.19. The molecule has 1 unspecified atom stereocenters. The summed E-state index contributed by atoms with van der Waals surface area (Å²) in [6, 6.07) is 9.91. The summed E-state index contributed by atoms with van der Waals surface area (Å²) >= 11 is 0. The van der Waals surface area contributed by atoms with E-state index in [0.717, 1.165) is 61.6 Å². The number of fused-ring (bicyclic) bond motifs is 1. The van der Waals surface area contributed by atoms with Crippen LogP contribution in [-0.2, 0) is 9.47 Å². The standard InChI is InChI=1S/C24H35NO7/c26-16-20-21(27)23(22(28)24(29)32-20)31-14-7-5-3-1-2-4-6-13-30-18-10-11-19-17(15-18)9-8-12-25-19/h8-12,15,20-24,26-29H,1-7,13-14,16H2/t20-,21-,22-,23+,24?/m1/s1. The van der Waals surface area contributed by atoms with Gasteiger partial charge in [0.05, 0.1) is 18.7 Å². The molecule has 3 rings (SSSR count). The molecule has 1 saturated heterocycles. The minimum Gasteiger partial charge on any atom is -0.494 e. The van der Waals surface area contributed by atoms with E-state index in [-0.39, 0.29) is 0 Å². The Morgan fingerprint density at radius 1 is 0.875 bits per heavy atom. The van der Waals surface area contributed by atoms with Crippen LogP contribution < -0.4 is 4.74 Å². The molecule has 4 N–H and O–H groups in total. The zero-order valence-corrected chi connectivity index (χ0v) is 18.4. The second-order valence-electron chi connectivity index (χ2n) is 8.25. The SMILES string of the molecule is OC[C@H]1OC(O)[C@H](O)[C@@H](OCCCCCCCCCOc2ccc3ncccc3c2)[C@@H]1O. The summed E-state index contributed by atoms with van der Waals surface area (Å²) in [5.74, 6) is 0.878. The lowest BCUT2D eigenvalue weighted by atomic mass is 9.99. The second kappa shape index (κ2) is 13.0. The lowest BCUT2D eigenvalue weighted by Gasteiger charge is -2.39. The van der Waals surface area contributed by atoms with E-state index in [1.54, 1.807) is 6.20 Å². The summed E-state index contributed by atoms with van der Waals surface area (Å²) in [5, 5.41) is 39.9. The van der Waals surface area contributed by atoms with Crippen molar-refractivity contribution in [3.05, 3.63) is 36.5 Å². The van der Waals surface area contributed by atoms with Gasteiger partial charge in [-0.3, -0.25) is 4.98 Å². The molecule has 1 aliphatic heterocycles. The number of nitrogens with zero attached hydrogens (tertiary/aromatic N) is 1. The number of aromatic nitrogens is 1. The van der Waals surface area contributed by atoms with E-state index < -0.39 is 37.3 Å². The van der Waals surface area contributed by atoms with E-state index in [1.165, 1.54) is 0 Å². The Labute approximate surface area is 188 Å². The van der Waals surface area contributed by atoms with Gasteiger partial charge in [0.15, 0.2) is 6.29 Å². The van der Waals surface area contributed by atoms with Crippen LogP contribution in [0.2, 0.25) is 0 Å². The molecular weight excluding hydrogens is 414 g/mol. The highest BCUT2D eigenvalue weighted by molar-refractivity contribution is 5.79. The summed E-state index contributed by atoms with van der Waals surface area (Å²) < 4.78 is 16.4. The minimum atomic E-state index is -1.47. The molecule has 178 valence electrons. The fourth-order valence-electron chi connectivity index (χ4n) is 3.91. The summed E-state index contributed by atoms with van der Waals surface area (Å²) in [4.78, 5) is 4.31. The molecular formula is C24H35NO7. The first-order chi connectivity index (χ1) is 15.6. The third-order valence-corrected chi connectivity index (χ3v) is 5.78. The van der Waals surface area contributed by atoms with Crippen molar-refractivity contribution in [1.29, 1.82) is 0 Å². The summed E-state index contributed by atoms with van der Waals surface area (Å²) in [6.45, 7) is 0.629. The van der Waals surface area contributed by atoms with Crippen molar-refractivity contribution in [2.24, 2.45) is 0 Å². The molecule has 2 heterocycles. The molecule has 1 aromatic carbocycles. The average Bonchev–Trinajstić information content (AvgIpc) is 2.81. The lowest BCUT2D eigenvalue weighted by Crippen LogP contribution is -2.59. The number of hydrogen-bond donors (Lipinski definition) is 4. The number of benzene rings is 1. The van der Waals surface area contributed by atoms with Gasteiger partial charge in [0.1, 0.15) is 30.2 Å². The first-order valence-electron chi connectivity index (χ1n) is 11.5. The van der Waals surface area contributed by atoms with Gasteiger partial charge in [-0.2, -0.15) is 0 Å². The van der Waals surface area contributed by atoms with Gasteiger partial charge in [-0.25, -0.2) is 0 Å². The first kappa shape index (κ1) is 24.8. The summed E-state index contributed by atoms with van der Waals surface area (Å²) in [7, 11) is 0. The number of rotatable bonds is 13. The molecule has 32 heavy (non-hydrogen) atoms. The number of pyridine rings is 1. The fourth-order valence-corrected chi connectivity index (χ4v) is 3.91. The van der Waals surface area contributed by atoms with E-state index in [4.69, 9.17) is 14.2 Å². The van der Waals surface area contributed by atoms with Crippen molar-refractivity contribution >= 4 is 10.9 Å². The highest BCUT2D eigenvalue weighted by Crippen LogP contribution is 2.23. The molecule has 0 radical (unpaired) electrons. The first-order valence-corrected chi connectivity index (χ1v) is 11.5. The van der Waals surface area contributed by atoms with Crippen LogP contribution in [-0.4, -0.2) is 75.9 Å². The van der Waals surface area contributed by atoms with E-state index in [9.17, 15) is 20.4 Å². The third-order valence-electron chi connectivity index (χ3n) is 5.78. The van der Waals surface area contributed by atoms with Crippen LogP contribution in [0.3, 0.4) is 0 Å². The Bertz CT molecular complexity index is 805. The number of ether oxygens (including phenoxy) is 3. The van der Waals surface area contributed by atoms with Gasteiger partial charge in [0.25, 0.3) is 0 Å². The molecule has 8 nitrogen and oxygen atoms in total. The van der Waals surface area contributed by atoms with Crippen molar-refractivity contribution < 1.29 is 34.6 Å². The van der Waals surface area contributed by atoms with E-state index in [2.05, 4.69) is 4.98 Å². The summed E-state index contributed by atoms with van der Waals surface area (Å²) in [6.07, 6.45) is 3.18. The molecule has 0 saturated carbocycles. The highest BCUT2D eigenvalue weighted by Gasteiger charge is 2.44. The molecule has 5 atom stereocenters. The fraction of sp³-hybridized carbons (Fsp3) is 0.625. The number of aliphatic hydroxyl groups is 4. The van der Waals surface area contributed by atoms with Gasteiger partial charge in [-0.05, 0) is 37.1 Å². The molecule has 0 amide bonds. The van der Waals surface area contributed by atoms with Crippen molar-refractivity contribution in [2.45, 2.75) is 75.7 Å². The van der Waals surface area contributed by atoms with E-state index >= 15 is 0 Å². The zero-order valence-electron chi connectivity index (χ0n) is 18.4. The van der Waals surface area contributed by atoms with E-state index in [1.807, 2.05) is 30.3 Å². The van der Waals surface area contributed by atoms with Crippen LogP contribution in [0.4, 0.5) is 0 Å². The van der Waals surface area contributed by atoms with Crippen LogP contribution in [0.1, 0.15) is 44.9 Å². The molecule has 1 aliphatic rings. The van der Waals surface area contributed by atoms with Crippen LogP contribution in [0.5, 0.6) is 5.75 Å². The monoisotopic (exact) mass is 449 g/mol. The average molecular weight is 450 g/mol. The highest BCUT2D eigenvalue weighted by atomic mass is 16.6. The molecule has 0 spiro atoms.